The van der Waals surface area contributed by atoms with Crippen LogP contribution in [0.1, 0.15) is 27.7 Å². The molecule has 2 N–H and O–H groups in total. The van der Waals surface area contributed by atoms with Gasteiger partial charge in [0.25, 0.3) is 0 Å². The minimum Gasteiger partial charge on any atom is -0.447 e. The van der Waals surface area contributed by atoms with Gasteiger partial charge in [-0.05, 0) is 97.6 Å². The summed E-state index contributed by atoms with van der Waals surface area (Å²) < 4.78 is 56.6. The van der Waals surface area contributed by atoms with Crippen molar-refractivity contribution in [3.05, 3.63) is 77.4 Å². The summed E-state index contributed by atoms with van der Waals surface area (Å²) in [7, 11) is -8.00. The van der Waals surface area contributed by atoms with Crippen LogP contribution in [0.2, 0.25) is 0 Å². The lowest BCUT2D eigenvalue weighted by Crippen LogP contribution is -2.49. The minimum absolute atomic E-state index is 0.0840. The molecule has 0 atom stereocenters. The summed E-state index contributed by atoms with van der Waals surface area (Å²) in [5.41, 5.74) is 3.61. The molecule has 8 rings (SSSR count). The summed E-state index contributed by atoms with van der Waals surface area (Å²) in [4.78, 5) is 52.5. The number of pyridine rings is 2. The first-order chi connectivity index (χ1) is 31.1. The van der Waals surface area contributed by atoms with Crippen molar-refractivity contribution in [2.24, 2.45) is 0 Å². The first kappa shape index (κ1) is 50.4. The number of aromatic nitrogens is 4. The van der Waals surface area contributed by atoms with Crippen molar-refractivity contribution in [3.63, 3.8) is 0 Å². The summed E-state index contributed by atoms with van der Waals surface area (Å²) in [6, 6.07) is 19.8. The molecule has 2 saturated heterocycles. The van der Waals surface area contributed by atoms with Crippen LogP contribution in [0.5, 0.6) is 0 Å². The number of nitrogens with zero attached hydrogens (tertiary/aromatic N) is 8. The molecule has 66 heavy (non-hydrogen) atoms. The van der Waals surface area contributed by atoms with Gasteiger partial charge in [0.15, 0.2) is 29.9 Å². The molecule has 0 spiro atoms. The fourth-order valence-corrected chi connectivity index (χ4v) is 10.2. The molecule has 0 radical (unpaired) electrons. The maximum absolute atomic E-state index is 12.1. The molecule has 0 unspecified atom stereocenters. The number of anilines is 2. The fraction of sp³-hybridized carbons (Fsp3) is 0.381. The molecule has 6 aromatic rings. The average molecular weight is 1050 g/mol. The van der Waals surface area contributed by atoms with Gasteiger partial charge in [0.2, 0.25) is 0 Å². The summed E-state index contributed by atoms with van der Waals surface area (Å²) in [5.74, 6) is 0. The standard InChI is InChI=1S/C21H24N4O4S2.C14H17BrN4O2S.C7H9BO4S/c1-14(2)29-21(26)25-12-10-24(11-13-25)20-23-18-9-8-17(22-19(18)30-20)15-4-6-16(7-5-15)31(3,27)28;1-9(2)21-14(20)19-7-5-18(6-8-19)13-16-10-3-4-11(15)17-12(10)22-13;1-13(11,12)7-4-2-6(3-5-7)8(9)10/h4-9,14H,10-13H2,1-3H3;3-4,9H,5-8H2,1-2H3;2-5,9-10H,1H3. The van der Waals surface area contributed by atoms with Crippen LogP contribution in [0.4, 0.5) is 19.9 Å². The third kappa shape index (κ3) is 13.6. The van der Waals surface area contributed by atoms with E-state index in [0.717, 1.165) is 66.2 Å². The van der Waals surface area contributed by atoms with Gasteiger partial charge in [-0.3, -0.25) is 0 Å². The number of sulfone groups is 2. The molecule has 2 aromatic carbocycles. The Morgan fingerprint density at radius 3 is 1.42 bits per heavy atom. The zero-order valence-corrected chi connectivity index (χ0v) is 41.9. The lowest BCUT2D eigenvalue weighted by atomic mass is 9.81. The number of thiazole rings is 2. The molecule has 24 heteroatoms. The largest absolute Gasteiger partial charge is 0.488 e. The lowest BCUT2D eigenvalue weighted by molar-refractivity contribution is 0.0742. The van der Waals surface area contributed by atoms with Crippen LogP contribution >= 0.6 is 38.6 Å². The van der Waals surface area contributed by atoms with Crippen molar-refractivity contribution in [2.45, 2.75) is 49.7 Å². The molecule has 0 bridgehead atoms. The first-order valence-electron chi connectivity index (χ1n) is 20.7. The number of benzene rings is 2. The highest BCUT2D eigenvalue weighted by Crippen LogP contribution is 2.32. The van der Waals surface area contributed by atoms with Gasteiger partial charge in [-0.1, -0.05) is 46.9 Å². The van der Waals surface area contributed by atoms with Crippen LogP contribution in [0.3, 0.4) is 0 Å². The quantitative estimate of drug-likeness (QED) is 0.145. The third-order valence-corrected chi connectivity index (χ3v) is 14.7. The molecule has 2 aliphatic rings. The van der Waals surface area contributed by atoms with Crippen molar-refractivity contribution in [1.29, 1.82) is 0 Å². The lowest BCUT2D eigenvalue weighted by Gasteiger charge is -2.34. The number of hydrogen-bond acceptors (Lipinski definition) is 18. The number of hydrogen-bond donors (Lipinski definition) is 2. The predicted octanol–water partition coefficient (Wildman–Crippen LogP) is 5.32. The van der Waals surface area contributed by atoms with Gasteiger partial charge >= 0.3 is 19.3 Å². The number of amides is 2. The van der Waals surface area contributed by atoms with Crippen LogP contribution in [0, 0.1) is 0 Å². The zero-order valence-electron chi connectivity index (χ0n) is 37.1. The minimum atomic E-state index is -3.23. The van der Waals surface area contributed by atoms with Crippen LogP contribution in [0.25, 0.3) is 32.0 Å². The molecule has 352 valence electrons. The Labute approximate surface area is 400 Å². The van der Waals surface area contributed by atoms with E-state index in [0.29, 0.717) is 39.3 Å². The molecule has 2 amide bonds. The molecule has 0 aliphatic carbocycles. The van der Waals surface area contributed by atoms with E-state index < -0.39 is 26.8 Å². The number of fused-ring (bicyclic) bond motifs is 2. The molecule has 2 fully saturated rings. The van der Waals surface area contributed by atoms with Crippen LogP contribution < -0.4 is 15.3 Å². The van der Waals surface area contributed by atoms with Gasteiger partial charge in [0, 0.05) is 70.4 Å². The van der Waals surface area contributed by atoms with Gasteiger partial charge < -0.3 is 39.1 Å². The maximum atomic E-state index is 12.1. The highest BCUT2D eigenvalue weighted by atomic mass is 79.9. The molecule has 18 nitrogen and oxygen atoms in total. The second-order valence-corrected chi connectivity index (χ2v) is 22.6. The first-order valence-corrected chi connectivity index (χ1v) is 26.9. The van der Waals surface area contributed by atoms with E-state index in [9.17, 15) is 26.4 Å². The Kier molecular flexibility index (Phi) is 16.6. The Morgan fingerprint density at radius 2 is 1.02 bits per heavy atom. The van der Waals surface area contributed by atoms with Crippen LogP contribution in [-0.2, 0) is 29.1 Å². The molecular formula is C42H50BBrN8O10S4. The Balaban J connectivity index is 0.000000179. The Hall–Kier alpha value is -4.98. The topological polar surface area (TPSA) is 226 Å². The van der Waals surface area contributed by atoms with E-state index in [1.165, 1.54) is 41.9 Å². The summed E-state index contributed by atoms with van der Waals surface area (Å²) in [6.45, 7) is 12.8. The highest BCUT2D eigenvalue weighted by molar-refractivity contribution is 9.10. The van der Waals surface area contributed by atoms with Crippen molar-refractivity contribution in [3.8, 4) is 11.3 Å². The van der Waals surface area contributed by atoms with Crippen LogP contribution in [-0.4, -0.2) is 153 Å². The molecule has 2 aliphatic heterocycles. The normalized spacial score (nSPS) is 14.5. The van der Waals surface area contributed by atoms with Crippen LogP contribution in [0.15, 0.2) is 87.2 Å². The fourth-order valence-electron chi connectivity index (χ4n) is 6.49. The van der Waals surface area contributed by atoms with E-state index in [4.69, 9.17) is 29.5 Å². The smallest absolute Gasteiger partial charge is 0.447 e. The predicted molar refractivity (Wildman–Crippen MR) is 261 cm³/mol. The van der Waals surface area contributed by atoms with Crippen molar-refractivity contribution < 1.29 is 45.9 Å². The van der Waals surface area contributed by atoms with E-state index in [2.05, 4.69) is 35.7 Å². The van der Waals surface area contributed by atoms with Gasteiger partial charge in [0.05, 0.1) is 27.7 Å². The maximum Gasteiger partial charge on any atom is 0.488 e. The molecule has 4 aromatic heterocycles. The van der Waals surface area contributed by atoms with Gasteiger partial charge in [-0.2, -0.15) is 0 Å². The van der Waals surface area contributed by atoms with E-state index >= 15 is 0 Å². The third-order valence-electron chi connectivity index (χ3n) is 9.93. The van der Waals surface area contributed by atoms with Crippen molar-refractivity contribution in [1.82, 2.24) is 29.7 Å². The number of carbonyl (C=O) groups excluding carboxylic acids is 2. The number of halogens is 1. The van der Waals surface area contributed by atoms with Gasteiger partial charge in [-0.25, -0.2) is 46.4 Å². The van der Waals surface area contributed by atoms with Crippen molar-refractivity contribution in [2.75, 3.05) is 74.7 Å². The summed E-state index contributed by atoms with van der Waals surface area (Å²) in [6.07, 6.45) is 1.57. The summed E-state index contributed by atoms with van der Waals surface area (Å²) >= 11 is 6.47. The molecular weight excluding hydrogens is 995 g/mol. The zero-order chi connectivity index (χ0) is 47.9. The average Bonchev–Trinajstić information content (AvgIpc) is 3.90. The van der Waals surface area contributed by atoms with Gasteiger partial charge in [0.1, 0.15) is 25.3 Å². The second kappa shape index (κ2) is 21.8. The monoisotopic (exact) mass is 1040 g/mol. The number of carbonyl (C=O) groups is 2. The van der Waals surface area contributed by atoms with E-state index in [-0.39, 0.29) is 39.6 Å². The Bertz CT molecular complexity index is 2850. The van der Waals surface area contributed by atoms with E-state index in [1.807, 2.05) is 52.0 Å². The second-order valence-electron chi connectivity index (χ2n) is 15.8. The Morgan fingerprint density at radius 1 is 0.606 bits per heavy atom. The molecule has 6 heterocycles. The van der Waals surface area contributed by atoms with Gasteiger partial charge in [-0.15, -0.1) is 0 Å². The number of rotatable bonds is 8. The number of piperazine rings is 2. The van der Waals surface area contributed by atoms with Crippen molar-refractivity contribution >= 4 is 114 Å². The molecule has 0 saturated carbocycles. The number of ether oxygens (including phenoxy) is 2. The highest BCUT2D eigenvalue weighted by Gasteiger charge is 2.26. The van der Waals surface area contributed by atoms with E-state index in [1.54, 1.807) is 45.4 Å². The summed E-state index contributed by atoms with van der Waals surface area (Å²) in [5, 5.41) is 19.3. The SMILES string of the molecule is CC(C)OC(=O)N1CCN(c2nc3ccc(-c4ccc(S(C)(=O)=O)cc4)nc3s2)CC1.CC(C)OC(=O)N1CCN(c2nc3ccc(Br)nc3s2)CC1.CS(=O)(=O)c1ccc(B(O)O)cc1.